The van der Waals surface area contributed by atoms with Gasteiger partial charge in [-0.1, -0.05) is 6.07 Å². The van der Waals surface area contributed by atoms with Crippen molar-refractivity contribution >= 4 is 16.1 Å². The molecule has 7 nitrogen and oxygen atoms in total. The fraction of sp³-hybridized carbons (Fsp3) is 0.650. The van der Waals surface area contributed by atoms with E-state index in [4.69, 9.17) is 4.55 Å². The summed E-state index contributed by atoms with van der Waals surface area (Å²) in [7, 11) is -5.97. The molecule has 0 aromatic heterocycles. The highest BCUT2D eigenvalue weighted by Crippen LogP contribution is 2.56. The zero-order valence-corrected chi connectivity index (χ0v) is 17.0. The highest BCUT2D eigenvalue weighted by Gasteiger charge is 2.55. The molecule has 0 amide bonds. The fourth-order valence-corrected chi connectivity index (χ4v) is 5.79. The molecule has 3 aliphatic carbocycles. The lowest BCUT2D eigenvalue weighted by Crippen LogP contribution is -2.42. The minimum Gasteiger partial charge on any atom is -0.421 e. The highest BCUT2D eigenvalue weighted by atomic mass is 32.2. The van der Waals surface area contributed by atoms with Crippen LogP contribution in [0.2, 0.25) is 0 Å². The zero-order valence-electron chi connectivity index (χ0n) is 16.2. The van der Waals surface area contributed by atoms with Gasteiger partial charge in [-0.05, 0) is 74.6 Å². The first kappa shape index (κ1) is 21.6. The third kappa shape index (κ3) is 3.34. The summed E-state index contributed by atoms with van der Waals surface area (Å²) in [6, 6.07) is 4.23. The average Bonchev–Trinajstić information content (AvgIpc) is 3.22. The summed E-state index contributed by atoms with van der Waals surface area (Å²) in [6.07, 6.45) is 5.02. The van der Waals surface area contributed by atoms with Gasteiger partial charge in [0.05, 0.1) is 11.2 Å². The summed E-state index contributed by atoms with van der Waals surface area (Å²) < 4.78 is 62.0. The summed E-state index contributed by atoms with van der Waals surface area (Å²) in [5.41, 5.74) is -0.602. The standard InChI is InChI=1S/C20H24F2O7S/c21-20(22,30(26,27)28)17(23)29-12-5-6-13-14(11-12)16-4-2-8-19(16,25)10-9-18(24)7-1-3-15(13)18/h5-6,11,15-16,24-25H,1-4,7-10H2,(H,26,27,28). The number of ether oxygens (including phenoxy) is 1. The Kier molecular flexibility index (Phi) is 5.00. The number of benzene rings is 1. The summed E-state index contributed by atoms with van der Waals surface area (Å²) in [5, 5.41) is 17.4. The molecule has 2 saturated carbocycles. The first-order valence-electron chi connectivity index (χ1n) is 10.0. The van der Waals surface area contributed by atoms with Crippen LogP contribution < -0.4 is 4.74 Å². The fourth-order valence-electron chi connectivity index (χ4n) is 5.54. The lowest BCUT2D eigenvalue weighted by molar-refractivity contribution is -0.151. The molecule has 1 aromatic rings. The molecule has 0 bridgehead atoms. The number of fused-ring (bicyclic) bond motifs is 5. The van der Waals surface area contributed by atoms with Gasteiger partial charge in [0.2, 0.25) is 0 Å². The zero-order chi connectivity index (χ0) is 21.9. The predicted octanol–water partition coefficient (Wildman–Crippen LogP) is 2.86. The van der Waals surface area contributed by atoms with Crippen LogP contribution in [-0.2, 0) is 14.9 Å². The van der Waals surface area contributed by atoms with Crippen molar-refractivity contribution in [2.45, 2.75) is 79.7 Å². The number of hydrogen-bond acceptors (Lipinski definition) is 6. The quantitative estimate of drug-likeness (QED) is 0.371. The number of halogens is 2. The van der Waals surface area contributed by atoms with Crippen LogP contribution in [0, 0.1) is 0 Å². The normalized spacial score (nSPS) is 33.8. The van der Waals surface area contributed by atoms with E-state index < -0.39 is 32.5 Å². The maximum absolute atomic E-state index is 13.6. The topological polar surface area (TPSA) is 121 Å². The summed E-state index contributed by atoms with van der Waals surface area (Å²) in [5.74, 6) is -3.20. The van der Waals surface area contributed by atoms with Gasteiger partial charge in [0.1, 0.15) is 5.75 Å². The van der Waals surface area contributed by atoms with Crippen LogP contribution in [0.3, 0.4) is 0 Å². The number of alkyl halides is 2. The van der Waals surface area contributed by atoms with Gasteiger partial charge in [-0.2, -0.15) is 17.2 Å². The van der Waals surface area contributed by atoms with Crippen molar-refractivity contribution in [1.29, 1.82) is 0 Å². The van der Waals surface area contributed by atoms with Gasteiger partial charge < -0.3 is 14.9 Å². The molecule has 0 radical (unpaired) electrons. The minimum atomic E-state index is -5.97. The Labute approximate surface area is 172 Å². The first-order valence-corrected chi connectivity index (χ1v) is 11.5. The van der Waals surface area contributed by atoms with Gasteiger partial charge in [0, 0.05) is 11.8 Å². The van der Waals surface area contributed by atoms with Crippen molar-refractivity contribution in [1.82, 2.24) is 0 Å². The van der Waals surface area contributed by atoms with E-state index in [1.807, 2.05) is 0 Å². The molecular formula is C20H24F2O7S. The van der Waals surface area contributed by atoms with E-state index in [0.717, 1.165) is 24.8 Å². The Balaban J connectivity index is 1.75. The molecule has 166 valence electrons. The summed E-state index contributed by atoms with van der Waals surface area (Å²) in [6.45, 7) is 0. The second kappa shape index (κ2) is 6.94. The van der Waals surface area contributed by atoms with Gasteiger partial charge in [-0.15, -0.1) is 0 Å². The second-order valence-corrected chi connectivity index (χ2v) is 10.2. The Hall–Kier alpha value is -1.62. The lowest BCUT2D eigenvalue weighted by atomic mass is 9.69. The maximum atomic E-state index is 13.6. The molecule has 3 N–H and O–H groups in total. The Morgan fingerprint density at radius 2 is 1.53 bits per heavy atom. The number of aliphatic hydroxyl groups is 2. The van der Waals surface area contributed by atoms with Crippen molar-refractivity contribution in [2.75, 3.05) is 0 Å². The Morgan fingerprint density at radius 3 is 2.07 bits per heavy atom. The third-order valence-electron chi connectivity index (χ3n) is 7.07. The molecule has 4 rings (SSSR count). The van der Waals surface area contributed by atoms with Gasteiger partial charge in [-0.25, -0.2) is 4.79 Å². The molecule has 0 saturated heterocycles. The van der Waals surface area contributed by atoms with Gasteiger partial charge in [0.25, 0.3) is 0 Å². The molecule has 3 aliphatic rings. The van der Waals surface area contributed by atoms with Crippen LogP contribution >= 0.6 is 0 Å². The SMILES string of the molecule is O=C(Oc1ccc2c(c1)C1CCCC1(O)CCC1(O)CCCC21)C(F)(F)S(=O)(=O)O. The van der Waals surface area contributed by atoms with E-state index in [9.17, 15) is 32.2 Å². The third-order valence-corrected chi connectivity index (χ3v) is 7.89. The average molecular weight is 446 g/mol. The molecule has 1 aromatic carbocycles. The van der Waals surface area contributed by atoms with Gasteiger partial charge in [-0.3, -0.25) is 4.55 Å². The molecule has 0 spiro atoms. The van der Waals surface area contributed by atoms with Crippen LogP contribution in [-0.4, -0.2) is 45.6 Å². The van der Waals surface area contributed by atoms with E-state index in [1.165, 1.54) is 12.1 Å². The van der Waals surface area contributed by atoms with E-state index in [0.29, 0.717) is 37.7 Å². The van der Waals surface area contributed by atoms with E-state index in [-0.39, 0.29) is 17.6 Å². The van der Waals surface area contributed by atoms with E-state index >= 15 is 0 Å². The molecular weight excluding hydrogens is 422 g/mol. The molecule has 10 heteroatoms. The highest BCUT2D eigenvalue weighted by molar-refractivity contribution is 7.87. The summed E-state index contributed by atoms with van der Waals surface area (Å²) >= 11 is 0. The molecule has 0 heterocycles. The minimum absolute atomic E-state index is 0.179. The molecule has 4 unspecified atom stereocenters. The Bertz CT molecular complexity index is 979. The first-order chi connectivity index (χ1) is 13.9. The number of hydrogen-bond donors (Lipinski definition) is 3. The van der Waals surface area contributed by atoms with E-state index in [2.05, 4.69) is 4.74 Å². The van der Waals surface area contributed by atoms with Crippen LogP contribution in [0.15, 0.2) is 18.2 Å². The molecule has 4 atom stereocenters. The smallest absolute Gasteiger partial charge is 0.421 e. The lowest BCUT2D eigenvalue weighted by Gasteiger charge is -2.41. The van der Waals surface area contributed by atoms with Crippen molar-refractivity contribution in [2.24, 2.45) is 0 Å². The van der Waals surface area contributed by atoms with E-state index in [1.54, 1.807) is 6.07 Å². The van der Waals surface area contributed by atoms with Crippen LogP contribution in [0.25, 0.3) is 0 Å². The maximum Gasteiger partial charge on any atom is 0.466 e. The molecule has 2 fully saturated rings. The van der Waals surface area contributed by atoms with Crippen molar-refractivity contribution in [3.05, 3.63) is 29.3 Å². The number of esters is 1. The second-order valence-electron chi connectivity index (χ2n) is 8.77. The summed E-state index contributed by atoms with van der Waals surface area (Å²) in [4.78, 5) is 11.7. The van der Waals surface area contributed by atoms with Gasteiger partial charge >= 0.3 is 21.3 Å². The molecule has 0 aliphatic heterocycles. The largest absolute Gasteiger partial charge is 0.466 e. The number of rotatable bonds is 3. The predicted molar refractivity (Wildman–Crippen MR) is 101 cm³/mol. The number of carbonyl (C=O) groups is 1. The van der Waals surface area contributed by atoms with Crippen LogP contribution in [0.4, 0.5) is 8.78 Å². The molecule has 30 heavy (non-hydrogen) atoms. The van der Waals surface area contributed by atoms with Crippen molar-refractivity contribution < 1.29 is 41.5 Å². The van der Waals surface area contributed by atoms with Crippen molar-refractivity contribution in [3.8, 4) is 5.75 Å². The monoisotopic (exact) mass is 446 g/mol. The Morgan fingerprint density at radius 1 is 1.00 bits per heavy atom. The number of carbonyl (C=O) groups excluding carboxylic acids is 1. The van der Waals surface area contributed by atoms with Gasteiger partial charge in [0.15, 0.2) is 0 Å². The van der Waals surface area contributed by atoms with Crippen LogP contribution in [0.1, 0.15) is 74.3 Å². The van der Waals surface area contributed by atoms with Crippen molar-refractivity contribution in [3.63, 3.8) is 0 Å². The van der Waals surface area contributed by atoms with Crippen LogP contribution in [0.5, 0.6) is 5.75 Å².